The third kappa shape index (κ3) is 4.75. The van der Waals surface area contributed by atoms with Crippen LogP contribution < -0.4 is 5.32 Å². The minimum atomic E-state index is -0.201. The van der Waals surface area contributed by atoms with Gasteiger partial charge in [0.25, 0.3) is 5.91 Å². The van der Waals surface area contributed by atoms with Gasteiger partial charge in [0, 0.05) is 25.2 Å². The van der Waals surface area contributed by atoms with E-state index in [1.165, 1.54) is 5.56 Å². The Hall–Kier alpha value is -2.89. The first-order valence-electron chi connectivity index (χ1n) is 10.0. The summed E-state index contributed by atoms with van der Waals surface area (Å²) in [5.41, 5.74) is 4.05. The largest absolute Gasteiger partial charge is 0.459 e. The number of amides is 1. The number of rotatable bonds is 6. The predicted octanol–water partition coefficient (Wildman–Crippen LogP) is 4.06. The first kappa shape index (κ1) is 19.4. The van der Waals surface area contributed by atoms with Crippen LogP contribution in [0.5, 0.6) is 0 Å². The molecule has 5 nitrogen and oxygen atoms in total. The third-order valence-electron chi connectivity index (χ3n) is 5.29. The Morgan fingerprint density at radius 2 is 1.76 bits per heavy atom. The third-order valence-corrected chi connectivity index (χ3v) is 5.29. The topological polar surface area (TPSA) is 54.7 Å². The van der Waals surface area contributed by atoms with Gasteiger partial charge in [-0.05, 0) is 24.1 Å². The molecule has 1 atom stereocenters. The lowest BCUT2D eigenvalue weighted by Gasteiger charge is -2.31. The molecule has 29 heavy (non-hydrogen) atoms. The summed E-state index contributed by atoms with van der Waals surface area (Å²) >= 11 is 0. The number of furan rings is 1. The second-order valence-corrected chi connectivity index (χ2v) is 7.38. The van der Waals surface area contributed by atoms with Crippen molar-refractivity contribution in [3.63, 3.8) is 0 Å². The van der Waals surface area contributed by atoms with Crippen LogP contribution in [0.2, 0.25) is 0 Å². The summed E-state index contributed by atoms with van der Waals surface area (Å²) in [5.74, 6) is 0.142. The molecule has 0 aliphatic carbocycles. The smallest absolute Gasteiger partial charge is 0.288 e. The van der Waals surface area contributed by atoms with Crippen LogP contribution in [-0.4, -0.2) is 43.7 Å². The molecule has 4 rings (SSSR count). The highest BCUT2D eigenvalue weighted by molar-refractivity contribution is 5.98. The highest BCUT2D eigenvalue weighted by Crippen LogP contribution is 2.26. The number of hydrogen-bond donors (Lipinski definition) is 1. The normalized spacial score (nSPS) is 15.8. The van der Waals surface area contributed by atoms with Gasteiger partial charge >= 0.3 is 0 Å². The number of benzene rings is 2. The van der Waals surface area contributed by atoms with E-state index in [9.17, 15) is 4.79 Å². The van der Waals surface area contributed by atoms with Crippen molar-refractivity contribution in [3.8, 4) is 11.1 Å². The van der Waals surface area contributed by atoms with Gasteiger partial charge in [-0.2, -0.15) is 0 Å². The molecule has 2 aromatic carbocycles. The molecule has 150 valence electrons. The Labute approximate surface area is 171 Å². The van der Waals surface area contributed by atoms with Gasteiger partial charge in [0.2, 0.25) is 0 Å². The number of ether oxygens (including phenoxy) is 1. The van der Waals surface area contributed by atoms with Crippen molar-refractivity contribution in [1.29, 1.82) is 0 Å². The van der Waals surface area contributed by atoms with E-state index in [1.54, 1.807) is 6.26 Å². The number of nitrogens with one attached hydrogen (secondary N) is 1. The molecule has 1 amide bonds. The van der Waals surface area contributed by atoms with Crippen LogP contribution in [0.3, 0.4) is 0 Å². The van der Waals surface area contributed by atoms with E-state index in [-0.39, 0.29) is 11.9 Å². The van der Waals surface area contributed by atoms with Crippen molar-refractivity contribution in [3.05, 3.63) is 83.8 Å². The highest BCUT2D eigenvalue weighted by atomic mass is 16.5. The summed E-state index contributed by atoms with van der Waals surface area (Å²) in [7, 11) is 0. The summed E-state index contributed by atoms with van der Waals surface area (Å²) in [6.45, 7) is 5.99. The van der Waals surface area contributed by atoms with Gasteiger partial charge in [-0.3, -0.25) is 9.69 Å². The maximum Gasteiger partial charge on any atom is 0.288 e. The maximum absolute atomic E-state index is 13.1. The number of carbonyl (C=O) groups is 1. The molecule has 1 saturated heterocycles. The molecular formula is C24H26N2O3. The van der Waals surface area contributed by atoms with Crippen molar-refractivity contribution >= 4 is 5.91 Å². The summed E-state index contributed by atoms with van der Waals surface area (Å²) in [4.78, 5) is 15.5. The Morgan fingerprint density at radius 3 is 2.48 bits per heavy atom. The molecule has 0 bridgehead atoms. The average Bonchev–Trinajstić information content (AvgIpc) is 3.25. The Balaban J connectivity index is 1.56. The Bertz CT molecular complexity index is 928. The number of hydrogen-bond acceptors (Lipinski definition) is 4. The molecule has 1 fully saturated rings. The summed E-state index contributed by atoms with van der Waals surface area (Å²) in [6, 6.07) is 19.9. The fraction of sp³-hybridized carbons (Fsp3) is 0.292. The number of carbonyl (C=O) groups excluding carboxylic acids is 1. The van der Waals surface area contributed by atoms with E-state index in [0.29, 0.717) is 5.76 Å². The van der Waals surface area contributed by atoms with Crippen LogP contribution in [-0.2, 0) is 4.74 Å². The summed E-state index contributed by atoms with van der Waals surface area (Å²) < 4.78 is 11.0. The minimum Gasteiger partial charge on any atom is -0.459 e. The van der Waals surface area contributed by atoms with Crippen LogP contribution in [0, 0.1) is 6.92 Å². The molecule has 0 spiro atoms. The first-order valence-corrected chi connectivity index (χ1v) is 10.0. The molecule has 3 aromatic rings. The monoisotopic (exact) mass is 390 g/mol. The standard InChI is InChI=1S/C24H26N2O3/c1-18-7-9-20(10-8-18)22(17-26-12-15-28-16-13-26)25-24(27)23-21(11-14-29-23)19-5-3-2-4-6-19/h2-11,14,22H,12-13,15-17H2,1H3,(H,25,27). The van der Waals surface area contributed by atoms with E-state index >= 15 is 0 Å². The van der Waals surface area contributed by atoms with E-state index in [4.69, 9.17) is 9.15 Å². The van der Waals surface area contributed by atoms with Crippen molar-refractivity contribution in [2.45, 2.75) is 13.0 Å². The zero-order chi connectivity index (χ0) is 20.1. The number of nitrogens with zero attached hydrogens (tertiary/aromatic N) is 1. The van der Waals surface area contributed by atoms with Crippen LogP contribution in [0.25, 0.3) is 11.1 Å². The minimum absolute atomic E-state index is 0.130. The highest BCUT2D eigenvalue weighted by Gasteiger charge is 2.24. The first-order chi connectivity index (χ1) is 14.2. The second-order valence-electron chi connectivity index (χ2n) is 7.38. The number of morpholine rings is 1. The van der Waals surface area contributed by atoms with Gasteiger partial charge in [0.1, 0.15) is 0 Å². The van der Waals surface area contributed by atoms with Crippen molar-refractivity contribution in [2.24, 2.45) is 0 Å². The van der Waals surface area contributed by atoms with Crippen molar-refractivity contribution in [1.82, 2.24) is 10.2 Å². The zero-order valence-electron chi connectivity index (χ0n) is 16.6. The van der Waals surface area contributed by atoms with Gasteiger partial charge < -0.3 is 14.5 Å². The predicted molar refractivity (Wildman–Crippen MR) is 113 cm³/mol. The van der Waals surface area contributed by atoms with Gasteiger partial charge in [0.05, 0.1) is 25.5 Å². The average molecular weight is 390 g/mol. The van der Waals surface area contributed by atoms with Crippen LogP contribution >= 0.6 is 0 Å². The Morgan fingerprint density at radius 1 is 1.03 bits per heavy atom. The second kappa shape index (κ2) is 9.07. The lowest BCUT2D eigenvalue weighted by atomic mass is 10.0. The molecule has 5 heteroatoms. The number of aryl methyl sites for hydroxylation is 1. The SMILES string of the molecule is Cc1ccc(C(CN2CCOCC2)NC(=O)c2occc2-c2ccccc2)cc1. The van der Waals surface area contributed by atoms with Gasteiger partial charge in [-0.25, -0.2) is 0 Å². The van der Waals surface area contributed by atoms with Gasteiger partial charge in [-0.1, -0.05) is 60.2 Å². The molecule has 1 aliphatic heterocycles. The van der Waals surface area contributed by atoms with E-state index in [1.807, 2.05) is 36.4 Å². The lowest BCUT2D eigenvalue weighted by Crippen LogP contribution is -2.43. The van der Waals surface area contributed by atoms with E-state index in [2.05, 4.69) is 41.4 Å². The fourth-order valence-electron chi connectivity index (χ4n) is 3.63. The summed E-state index contributed by atoms with van der Waals surface area (Å²) in [5, 5.41) is 3.20. The fourth-order valence-corrected chi connectivity index (χ4v) is 3.63. The van der Waals surface area contributed by atoms with Gasteiger partial charge in [0.15, 0.2) is 5.76 Å². The van der Waals surface area contributed by atoms with Crippen LogP contribution in [0.15, 0.2) is 71.3 Å². The molecule has 1 N–H and O–H groups in total. The molecule has 0 saturated carbocycles. The lowest BCUT2D eigenvalue weighted by molar-refractivity contribution is 0.0331. The molecule has 0 radical (unpaired) electrons. The molecule has 2 heterocycles. The van der Waals surface area contributed by atoms with Crippen molar-refractivity contribution in [2.75, 3.05) is 32.8 Å². The molecular weight excluding hydrogens is 364 g/mol. The molecule has 1 aromatic heterocycles. The Kier molecular flexibility index (Phi) is 6.08. The zero-order valence-corrected chi connectivity index (χ0v) is 16.6. The summed E-state index contributed by atoms with van der Waals surface area (Å²) in [6.07, 6.45) is 1.57. The van der Waals surface area contributed by atoms with E-state index in [0.717, 1.165) is 49.5 Å². The molecule has 1 aliphatic rings. The van der Waals surface area contributed by atoms with E-state index < -0.39 is 0 Å². The van der Waals surface area contributed by atoms with Crippen LogP contribution in [0.4, 0.5) is 0 Å². The van der Waals surface area contributed by atoms with Crippen molar-refractivity contribution < 1.29 is 13.9 Å². The molecule has 1 unspecified atom stereocenters. The van der Waals surface area contributed by atoms with Crippen LogP contribution in [0.1, 0.15) is 27.7 Å². The quantitative estimate of drug-likeness (QED) is 0.690. The van der Waals surface area contributed by atoms with Gasteiger partial charge in [-0.15, -0.1) is 0 Å². The maximum atomic E-state index is 13.1.